The molecule has 4 N–H and O–H groups in total. The Balaban J connectivity index is 2.84. The van der Waals surface area contributed by atoms with E-state index in [1.165, 1.54) is 0 Å². The standard InChI is InChI=1S/C8H10N2/c9-7-3-1-4-8(10)6-2-5-7/h1-6H,9-10H2. The third-order valence-electron chi connectivity index (χ3n) is 1.15. The molecule has 52 valence electrons. The van der Waals surface area contributed by atoms with Gasteiger partial charge in [-0.1, -0.05) is 12.2 Å². The number of allylic oxidation sites excluding steroid dienone is 6. The fourth-order valence-corrected chi connectivity index (χ4v) is 0.652. The summed E-state index contributed by atoms with van der Waals surface area (Å²) in [4.78, 5) is 0. The zero-order chi connectivity index (χ0) is 7.40. The minimum atomic E-state index is 0.736. The van der Waals surface area contributed by atoms with Crippen molar-refractivity contribution in [2.75, 3.05) is 0 Å². The van der Waals surface area contributed by atoms with Crippen LogP contribution in [0.5, 0.6) is 0 Å². The van der Waals surface area contributed by atoms with Crippen LogP contribution in [0, 0.1) is 0 Å². The van der Waals surface area contributed by atoms with E-state index in [-0.39, 0.29) is 0 Å². The summed E-state index contributed by atoms with van der Waals surface area (Å²) in [5.41, 5.74) is 12.5. The van der Waals surface area contributed by atoms with Crippen molar-refractivity contribution < 1.29 is 0 Å². The van der Waals surface area contributed by atoms with E-state index < -0.39 is 0 Å². The largest absolute Gasteiger partial charge is 0.399 e. The molecule has 0 saturated carbocycles. The molecule has 1 aliphatic carbocycles. The fourth-order valence-electron chi connectivity index (χ4n) is 0.652. The third-order valence-corrected chi connectivity index (χ3v) is 1.15. The lowest BCUT2D eigenvalue weighted by molar-refractivity contribution is 1.38. The summed E-state index contributed by atoms with van der Waals surface area (Å²) in [7, 11) is 0. The number of nitrogens with two attached hydrogens (primary N) is 2. The molecule has 0 radical (unpaired) electrons. The van der Waals surface area contributed by atoms with E-state index in [9.17, 15) is 0 Å². The Morgan fingerprint density at radius 3 is 1.60 bits per heavy atom. The molecule has 1 aliphatic rings. The Bertz CT molecular complexity index is 206. The Morgan fingerprint density at radius 1 is 0.800 bits per heavy atom. The van der Waals surface area contributed by atoms with Gasteiger partial charge in [0.15, 0.2) is 0 Å². The summed E-state index contributed by atoms with van der Waals surface area (Å²) in [6.07, 6.45) is 10.9. The predicted octanol–water partition coefficient (Wildman–Crippen LogP) is 0.798. The smallest absolute Gasteiger partial charge is 0.0314 e. The summed E-state index contributed by atoms with van der Waals surface area (Å²) in [5.74, 6) is 0. The first kappa shape index (κ1) is 6.68. The van der Waals surface area contributed by atoms with Crippen molar-refractivity contribution in [3.63, 3.8) is 0 Å². The molecule has 0 fully saturated rings. The number of hydrogen-bond donors (Lipinski definition) is 2. The van der Waals surface area contributed by atoms with Gasteiger partial charge in [-0.15, -0.1) is 0 Å². The van der Waals surface area contributed by atoms with Crippen molar-refractivity contribution in [1.29, 1.82) is 0 Å². The van der Waals surface area contributed by atoms with Gasteiger partial charge in [0.2, 0.25) is 0 Å². The number of rotatable bonds is 0. The van der Waals surface area contributed by atoms with Crippen LogP contribution in [0.1, 0.15) is 0 Å². The van der Waals surface area contributed by atoms with E-state index >= 15 is 0 Å². The zero-order valence-electron chi connectivity index (χ0n) is 5.62. The van der Waals surface area contributed by atoms with Gasteiger partial charge in [0, 0.05) is 11.4 Å². The zero-order valence-corrected chi connectivity index (χ0v) is 5.62. The summed E-state index contributed by atoms with van der Waals surface area (Å²) >= 11 is 0. The van der Waals surface area contributed by atoms with Gasteiger partial charge < -0.3 is 11.5 Å². The van der Waals surface area contributed by atoms with Crippen LogP contribution in [-0.2, 0) is 0 Å². The molecule has 0 bridgehead atoms. The molecule has 0 spiro atoms. The van der Waals surface area contributed by atoms with Crippen LogP contribution in [0.4, 0.5) is 0 Å². The van der Waals surface area contributed by atoms with Gasteiger partial charge in [0.25, 0.3) is 0 Å². The van der Waals surface area contributed by atoms with Crippen LogP contribution in [0.3, 0.4) is 0 Å². The second kappa shape index (κ2) is 2.92. The fraction of sp³-hybridized carbons (Fsp3) is 0. The van der Waals surface area contributed by atoms with Gasteiger partial charge in [-0.2, -0.15) is 0 Å². The van der Waals surface area contributed by atoms with Crippen LogP contribution in [0.25, 0.3) is 0 Å². The van der Waals surface area contributed by atoms with Gasteiger partial charge >= 0.3 is 0 Å². The normalized spacial score (nSPS) is 17.2. The minimum Gasteiger partial charge on any atom is -0.399 e. The van der Waals surface area contributed by atoms with Crippen molar-refractivity contribution in [1.82, 2.24) is 0 Å². The Labute approximate surface area is 60.2 Å². The minimum absolute atomic E-state index is 0.736. The van der Waals surface area contributed by atoms with Crippen LogP contribution < -0.4 is 11.5 Å². The second-order valence-corrected chi connectivity index (χ2v) is 2.05. The molecule has 0 aromatic carbocycles. The highest BCUT2D eigenvalue weighted by molar-refractivity contribution is 5.32. The number of hydrogen-bond acceptors (Lipinski definition) is 2. The molecule has 0 saturated heterocycles. The van der Waals surface area contributed by atoms with E-state index in [4.69, 9.17) is 11.5 Å². The Hall–Kier alpha value is -1.44. The molecule has 0 atom stereocenters. The Kier molecular flexibility index (Phi) is 1.95. The maximum Gasteiger partial charge on any atom is 0.0314 e. The quantitative estimate of drug-likeness (QED) is 0.514. The van der Waals surface area contributed by atoms with Gasteiger partial charge in [-0.25, -0.2) is 0 Å². The molecular formula is C8H10N2. The van der Waals surface area contributed by atoms with Gasteiger partial charge in [0.1, 0.15) is 0 Å². The molecule has 0 unspecified atom stereocenters. The lowest BCUT2D eigenvalue weighted by Crippen LogP contribution is -1.95. The molecular weight excluding hydrogens is 124 g/mol. The summed E-state index contributed by atoms with van der Waals surface area (Å²) < 4.78 is 0. The molecule has 0 aromatic rings. The molecule has 1 rings (SSSR count). The SMILES string of the molecule is NC1=CC=CC(N)=CC=C1. The average molecular weight is 134 g/mol. The lowest BCUT2D eigenvalue weighted by atomic mass is 10.2. The first-order chi connectivity index (χ1) is 4.79. The molecule has 0 aliphatic heterocycles. The van der Waals surface area contributed by atoms with Crippen molar-refractivity contribution in [3.05, 3.63) is 47.9 Å². The molecule has 0 aromatic heterocycles. The molecule has 0 amide bonds. The summed E-state index contributed by atoms with van der Waals surface area (Å²) in [6, 6.07) is 0. The molecule has 2 heteroatoms. The highest BCUT2D eigenvalue weighted by atomic mass is 14.6. The van der Waals surface area contributed by atoms with Gasteiger partial charge in [-0.3, -0.25) is 0 Å². The van der Waals surface area contributed by atoms with Crippen LogP contribution in [-0.4, -0.2) is 0 Å². The topological polar surface area (TPSA) is 52.0 Å². The molecule has 10 heavy (non-hydrogen) atoms. The monoisotopic (exact) mass is 134 g/mol. The van der Waals surface area contributed by atoms with E-state index in [0.29, 0.717) is 0 Å². The lowest BCUT2D eigenvalue weighted by Gasteiger charge is -1.93. The summed E-state index contributed by atoms with van der Waals surface area (Å²) in [5, 5.41) is 0. The third kappa shape index (κ3) is 1.82. The van der Waals surface area contributed by atoms with Crippen molar-refractivity contribution >= 4 is 0 Å². The molecule has 0 heterocycles. The highest BCUT2D eigenvalue weighted by Crippen LogP contribution is 1.96. The van der Waals surface area contributed by atoms with Gasteiger partial charge in [-0.05, 0) is 24.3 Å². The second-order valence-electron chi connectivity index (χ2n) is 2.05. The molecule has 2 nitrogen and oxygen atoms in total. The predicted molar refractivity (Wildman–Crippen MR) is 42.8 cm³/mol. The van der Waals surface area contributed by atoms with E-state index in [0.717, 1.165) is 11.4 Å². The van der Waals surface area contributed by atoms with Crippen molar-refractivity contribution in [3.8, 4) is 0 Å². The maximum atomic E-state index is 5.50. The summed E-state index contributed by atoms with van der Waals surface area (Å²) in [6.45, 7) is 0. The first-order valence-corrected chi connectivity index (χ1v) is 3.07. The van der Waals surface area contributed by atoms with Gasteiger partial charge in [0.05, 0.1) is 0 Å². The Morgan fingerprint density at radius 2 is 1.20 bits per heavy atom. The van der Waals surface area contributed by atoms with Crippen LogP contribution >= 0.6 is 0 Å². The first-order valence-electron chi connectivity index (χ1n) is 3.07. The van der Waals surface area contributed by atoms with Crippen molar-refractivity contribution in [2.45, 2.75) is 0 Å². The van der Waals surface area contributed by atoms with E-state index in [2.05, 4.69) is 0 Å². The van der Waals surface area contributed by atoms with Crippen LogP contribution in [0.2, 0.25) is 0 Å². The van der Waals surface area contributed by atoms with E-state index in [1.54, 1.807) is 24.3 Å². The average Bonchev–Trinajstić information content (AvgIpc) is 1.84. The highest BCUT2D eigenvalue weighted by Gasteiger charge is 1.83. The van der Waals surface area contributed by atoms with Crippen LogP contribution in [0.15, 0.2) is 47.9 Å². The maximum absolute atomic E-state index is 5.50. The van der Waals surface area contributed by atoms with E-state index in [1.807, 2.05) is 12.2 Å². The van der Waals surface area contributed by atoms with Crippen molar-refractivity contribution in [2.24, 2.45) is 11.5 Å².